The number of nitrogen functional groups attached to an aromatic ring is 1. The molecule has 0 saturated carbocycles. The van der Waals surface area contributed by atoms with Crippen molar-refractivity contribution in [3.8, 4) is 6.07 Å². The Bertz CT molecular complexity index is 550. The molecule has 0 aromatic heterocycles. The molecule has 0 fully saturated rings. The van der Waals surface area contributed by atoms with Crippen LogP contribution in [0.15, 0.2) is 12.1 Å². The van der Waals surface area contributed by atoms with Gasteiger partial charge in [0.1, 0.15) is 11.9 Å². The molecule has 0 radical (unpaired) electrons. The van der Waals surface area contributed by atoms with Gasteiger partial charge in [0.15, 0.2) is 0 Å². The smallest absolute Gasteiger partial charge is 0.229 e. The van der Waals surface area contributed by atoms with Crippen LogP contribution in [0.4, 0.5) is 15.8 Å². The summed E-state index contributed by atoms with van der Waals surface area (Å²) in [7, 11) is -3.54. The Kier molecular flexibility index (Phi) is 3.31. The van der Waals surface area contributed by atoms with Crippen LogP contribution in [-0.2, 0) is 10.0 Å². The molecule has 0 bridgehead atoms. The van der Waals surface area contributed by atoms with Crippen LogP contribution < -0.4 is 16.0 Å². The Hall–Kier alpha value is -1.85. The van der Waals surface area contributed by atoms with Crippen LogP contribution >= 0.6 is 0 Å². The number of nitriles is 1. The zero-order chi connectivity index (χ0) is 12.3. The molecule has 0 aliphatic carbocycles. The molecule has 0 spiro atoms. The summed E-state index contributed by atoms with van der Waals surface area (Å²) in [6.45, 7) is 0. The lowest BCUT2D eigenvalue weighted by atomic mass is 10.2. The van der Waals surface area contributed by atoms with Gasteiger partial charge in [-0.15, -0.1) is 0 Å². The van der Waals surface area contributed by atoms with Gasteiger partial charge in [-0.1, -0.05) is 0 Å². The maximum atomic E-state index is 13.2. The normalized spacial score (nSPS) is 10.6. The van der Waals surface area contributed by atoms with Gasteiger partial charge < -0.3 is 5.43 Å². The highest BCUT2D eigenvalue weighted by atomic mass is 32.2. The van der Waals surface area contributed by atoms with E-state index >= 15 is 0 Å². The first-order chi connectivity index (χ1) is 7.37. The molecule has 0 heterocycles. The summed E-state index contributed by atoms with van der Waals surface area (Å²) in [5.41, 5.74) is 1.80. The number of nitrogens with one attached hydrogen (secondary N) is 2. The van der Waals surface area contributed by atoms with Crippen molar-refractivity contribution in [1.29, 1.82) is 5.26 Å². The molecule has 0 unspecified atom stereocenters. The van der Waals surface area contributed by atoms with E-state index in [2.05, 4.69) is 10.1 Å². The van der Waals surface area contributed by atoms with Gasteiger partial charge in [0.2, 0.25) is 10.0 Å². The minimum Gasteiger partial charge on any atom is -0.321 e. The summed E-state index contributed by atoms with van der Waals surface area (Å²) < 4.78 is 37.2. The lowest BCUT2D eigenvalue weighted by Crippen LogP contribution is -2.13. The Balaban J connectivity index is 3.32. The van der Waals surface area contributed by atoms with E-state index in [0.29, 0.717) is 0 Å². The van der Waals surface area contributed by atoms with E-state index in [4.69, 9.17) is 11.1 Å². The molecule has 6 nitrogen and oxygen atoms in total. The molecule has 0 aliphatic heterocycles. The number of hydrazine groups is 1. The number of halogens is 1. The summed E-state index contributed by atoms with van der Waals surface area (Å²) in [5, 5.41) is 8.70. The molecule has 16 heavy (non-hydrogen) atoms. The van der Waals surface area contributed by atoms with Gasteiger partial charge in [-0.25, -0.2) is 12.8 Å². The van der Waals surface area contributed by atoms with Crippen molar-refractivity contribution >= 4 is 21.4 Å². The first kappa shape index (κ1) is 12.2. The van der Waals surface area contributed by atoms with E-state index in [1.165, 1.54) is 0 Å². The lowest BCUT2D eigenvalue weighted by molar-refractivity contribution is 0.606. The molecule has 86 valence electrons. The van der Waals surface area contributed by atoms with Crippen LogP contribution in [0, 0.1) is 17.1 Å². The Morgan fingerprint density at radius 3 is 2.50 bits per heavy atom. The van der Waals surface area contributed by atoms with E-state index < -0.39 is 15.8 Å². The van der Waals surface area contributed by atoms with Gasteiger partial charge in [-0.2, -0.15) is 5.26 Å². The predicted octanol–water partition coefficient (Wildman–Crippen LogP) is 0.354. The minimum absolute atomic E-state index is 0.0284. The largest absolute Gasteiger partial charge is 0.321 e. The number of rotatable bonds is 3. The lowest BCUT2D eigenvalue weighted by Gasteiger charge is -2.09. The molecule has 1 rings (SSSR count). The Morgan fingerprint density at radius 1 is 1.44 bits per heavy atom. The summed E-state index contributed by atoms with van der Waals surface area (Å²) in [5.74, 6) is 4.29. The molecule has 8 heteroatoms. The molecule has 0 saturated heterocycles. The van der Waals surface area contributed by atoms with Crippen molar-refractivity contribution in [2.24, 2.45) is 5.84 Å². The fourth-order valence-electron chi connectivity index (χ4n) is 1.06. The zero-order valence-corrected chi connectivity index (χ0v) is 9.10. The summed E-state index contributed by atoms with van der Waals surface area (Å²) >= 11 is 0. The minimum atomic E-state index is -3.54. The first-order valence-corrected chi connectivity index (χ1v) is 5.94. The predicted molar refractivity (Wildman–Crippen MR) is 57.4 cm³/mol. The fraction of sp³-hybridized carbons (Fsp3) is 0.125. The molecule has 1 aromatic rings. The summed E-state index contributed by atoms with van der Waals surface area (Å²) in [4.78, 5) is 0. The van der Waals surface area contributed by atoms with Crippen LogP contribution in [0.25, 0.3) is 0 Å². The van der Waals surface area contributed by atoms with Crippen LogP contribution in [0.2, 0.25) is 0 Å². The van der Waals surface area contributed by atoms with Crippen molar-refractivity contribution in [3.05, 3.63) is 23.5 Å². The topological polar surface area (TPSA) is 108 Å². The van der Waals surface area contributed by atoms with E-state index in [0.717, 1.165) is 18.4 Å². The molecule has 4 N–H and O–H groups in total. The Labute approximate surface area is 91.9 Å². The van der Waals surface area contributed by atoms with Crippen molar-refractivity contribution in [2.75, 3.05) is 16.4 Å². The van der Waals surface area contributed by atoms with Gasteiger partial charge in [0, 0.05) is 0 Å². The molecule has 1 aromatic carbocycles. The van der Waals surface area contributed by atoms with Crippen LogP contribution in [0.1, 0.15) is 5.56 Å². The first-order valence-electron chi connectivity index (χ1n) is 4.05. The van der Waals surface area contributed by atoms with Crippen LogP contribution in [-0.4, -0.2) is 14.7 Å². The average Bonchev–Trinajstić information content (AvgIpc) is 2.18. The second-order valence-electron chi connectivity index (χ2n) is 3.01. The van der Waals surface area contributed by atoms with Crippen molar-refractivity contribution in [1.82, 2.24) is 0 Å². The summed E-state index contributed by atoms with van der Waals surface area (Å²) in [6, 6.07) is 3.67. The molecular formula is C8H9FN4O2S. The zero-order valence-electron chi connectivity index (χ0n) is 8.28. The van der Waals surface area contributed by atoms with E-state index in [1.54, 1.807) is 6.07 Å². The number of benzene rings is 1. The quantitative estimate of drug-likeness (QED) is 0.525. The van der Waals surface area contributed by atoms with Gasteiger partial charge in [-0.3, -0.25) is 10.6 Å². The number of anilines is 2. The van der Waals surface area contributed by atoms with Gasteiger partial charge >= 0.3 is 0 Å². The highest BCUT2D eigenvalue weighted by Gasteiger charge is 2.12. The van der Waals surface area contributed by atoms with E-state index in [9.17, 15) is 12.8 Å². The fourth-order valence-corrected chi connectivity index (χ4v) is 1.63. The number of sulfonamides is 1. The van der Waals surface area contributed by atoms with Crippen molar-refractivity contribution in [3.63, 3.8) is 0 Å². The monoisotopic (exact) mass is 244 g/mol. The third-order valence-corrected chi connectivity index (χ3v) is 2.27. The van der Waals surface area contributed by atoms with Gasteiger partial charge in [0.25, 0.3) is 0 Å². The molecule has 0 atom stereocenters. The van der Waals surface area contributed by atoms with Crippen LogP contribution in [0.3, 0.4) is 0 Å². The second-order valence-corrected chi connectivity index (χ2v) is 4.76. The SMILES string of the molecule is CS(=O)(=O)Nc1cc(NN)c(F)cc1C#N. The van der Waals surface area contributed by atoms with Crippen molar-refractivity contribution < 1.29 is 12.8 Å². The summed E-state index contributed by atoms with van der Waals surface area (Å²) in [6.07, 6.45) is 0.924. The number of hydrogen-bond donors (Lipinski definition) is 3. The van der Waals surface area contributed by atoms with Crippen molar-refractivity contribution in [2.45, 2.75) is 0 Å². The number of nitrogens with two attached hydrogens (primary N) is 1. The number of hydrogen-bond acceptors (Lipinski definition) is 5. The maximum Gasteiger partial charge on any atom is 0.229 e. The molecular weight excluding hydrogens is 235 g/mol. The highest BCUT2D eigenvalue weighted by molar-refractivity contribution is 7.92. The molecule has 0 aliphatic rings. The number of nitrogens with zero attached hydrogens (tertiary/aromatic N) is 1. The average molecular weight is 244 g/mol. The van der Waals surface area contributed by atoms with E-state index in [-0.39, 0.29) is 16.9 Å². The van der Waals surface area contributed by atoms with Crippen LogP contribution in [0.5, 0.6) is 0 Å². The third kappa shape index (κ3) is 2.82. The van der Waals surface area contributed by atoms with E-state index in [1.807, 2.05) is 0 Å². The second kappa shape index (κ2) is 4.34. The maximum absolute atomic E-state index is 13.2. The molecule has 0 amide bonds. The van der Waals surface area contributed by atoms with Gasteiger partial charge in [0.05, 0.1) is 23.2 Å². The van der Waals surface area contributed by atoms with Gasteiger partial charge in [-0.05, 0) is 12.1 Å². The Morgan fingerprint density at radius 2 is 2.06 bits per heavy atom. The standard InChI is InChI=1S/C8H9FN4O2S/c1-16(14,15)13-7-3-8(12-11)6(9)2-5(7)4-10/h2-3,12-13H,11H2,1H3. The highest BCUT2D eigenvalue weighted by Crippen LogP contribution is 2.24. The third-order valence-electron chi connectivity index (χ3n) is 1.68.